The van der Waals surface area contributed by atoms with Gasteiger partial charge in [0.1, 0.15) is 6.04 Å². The van der Waals surface area contributed by atoms with Crippen molar-refractivity contribution in [3.05, 3.63) is 87.9 Å². The molecule has 13 heteroatoms. The summed E-state index contributed by atoms with van der Waals surface area (Å²) in [4.78, 5) is 53.9. The smallest absolute Gasteiger partial charge is 0.328 e. The van der Waals surface area contributed by atoms with E-state index in [0.717, 1.165) is 18.5 Å². The van der Waals surface area contributed by atoms with Crippen LogP contribution in [0.5, 0.6) is 0 Å². The molecular weight excluding hydrogens is 583 g/mol. The van der Waals surface area contributed by atoms with Crippen LogP contribution in [0.1, 0.15) is 27.1 Å². The average Bonchev–Trinajstić information content (AvgIpc) is 2.98. The van der Waals surface area contributed by atoms with Gasteiger partial charge in [0.15, 0.2) is 5.96 Å². The number of nitrogens with zero attached hydrogens (tertiary/aromatic N) is 1. The molecule has 6 N–H and O–H groups in total. The van der Waals surface area contributed by atoms with Gasteiger partial charge >= 0.3 is 5.97 Å². The maximum atomic E-state index is 12.9. The summed E-state index contributed by atoms with van der Waals surface area (Å²) in [5, 5.41) is 23.1. The fourth-order valence-electron chi connectivity index (χ4n) is 4.05. The van der Waals surface area contributed by atoms with Gasteiger partial charge in [-0.25, -0.2) is 4.79 Å². The van der Waals surface area contributed by atoms with Crippen molar-refractivity contribution in [2.45, 2.75) is 12.5 Å². The van der Waals surface area contributed by atoms with E-state index in [4.69, 9.17) is 23.2 Å². The Bertz CT molecular complexity index is 1490. The topological polar surface area (TPSA) is 161 Å². The molecule has 0 radical (unpaired) electrons. The van der Waals surface area contributed by atoms with Crippen LogP contribution in [-0.4, -0.2) is 67.0 Å². The second-order valence-corrected chi connectivity index (χ2v) is 10.1. The van der Waals surface area contributed by atoms with Gasteiger partial charge in [-0.3, -0.25) is 19.4 Å². The first kappa shape index (κ1) is 30.4. The molecule has 3 amide bonds. The Balaban J connectivity index is 1.30. The van der Waals surface area contributed by atoms with Gasteiger partial charge in [0.05, 0.1) is 22.2 Å². The second-order valence-electron chi connectivity index (χ2n) is 9.25. The Morgan fingerprint density at radius 1 is 0.905 bits per heavy atom. The monoisotopic (exact) mass is 610 g/mol. The van der Waals surface area contributed by atoms with Gasteiger partial charge in [-0.2, -0.15) is 0 Å². The molecule has 218 valence electrons. The highest BCUT2D eigenvalue weighted by Crippen LogP contribution is 2.31. The fourth-order valence-corrected chi connectivity index (χ4v) is 4.71. The first-order valence-corrected chi connectivity index (χ1v) is 13.8. The van der Waals surface area contributed by atoms with E-state index in [1.165, 1.54) is 0 Å². The van der Waals surface area contributed by atoms with Crippen LogP contribution in [0, 0.1) is 0 Å². The summed E-state index contributed by atoms with van der Waals surface area (Å²) >= 11 is 12.7. The third kappa shape index (κ3) is 8.21. The van der Waals surface area contributed by atoms with Crippen molar-refractivity contribution in [2.75, 3.05) is 31.5 Å². The van der Waals surface area contributed by atoms with Crippen molar-refractivity contribution in [1.29, 1.82) is 0 Å². The number of aliphatic carboxylic acids is 1. The van der Waals surface area contributed by atoms with Gasteiger partial charge in [-0.15, -0.1) is 0 Å². The minimum atomic E-state index is -1.49. The summed E-state index contributed by atoms with van der Waals surface area (Å²) in [7, 11) is 0. The van der Waals surface area contributed by atoms with E-state index in [0.29, 0.717) is 29.3 Å². The van der Waals surface area contributed by atoms with Crippen LogP contribution < -0.4 is 26.6 Å². The van der Waals surface area contributed by atoms with Crippen molar-refractivity contribution < 1.29 is 24.3 Å². The first-order chi connectivity index (χ1) is 20.2. The van der Waals surface area contributed by atoms with E-state index >= 15 is 0 Å². The number of carbonyl (C=O) groups is 4. The summed E-state index contributed by atoms with van der Waals surface area (Å²) in [6.45, 7) is 0.655. The van der Waals surface area contributed by atoms with Gasteiger partial charge in [0.2, 0.25) is 5.91 Å². The second kappa shape index (κ2) is 14.3. The van der Waals surface area contributed by atoms with Crippen LogP contribution in [-0.2, 0) is 9.59 Å². The number of hydrogen-bond acceptors (Lipinski definition) is 7. The molecule has 0 fully saturated rings. The third-order valence-electron chi connectivity index (χ3n) is 6.18. The van der Waals surface area contributed by atoms with Gasteiger partial charge in [0.25, 0.3) is 11.8 Å². The number of aliphatic imine (C=N–C) groups is 1. The van der Waals surface area contributed by atoms with E-state index in [2.05, 4.69) is 31.6 Å². The lowest BCUT2D eigenvalue weighted by atomic mass is 10.0. The predicted molar refractivity (Wildman–Crippen MR) is 161 cm³/mol. The highest BCUT2D eigenvalue weighted by atomic mass is 35.5. The summed E-state index contributed by atoms with van der Waals surface area (Å²) in [6, 6.07) is 17.6. The van der Waals surface area contributed by atoms with Crippen molar-refractivity contribution in [1.82, 2.24) is 21.3 Å². The lowest BCUT2D eigenvalue weighted by Gasteiger charge is -2.17. The quantitative estimate of drug-likeness (QED) is 0.205. The zero-order chi connectivity index (χ0) is 30.1. The molecule has 42 heavy (non-hydrogen) atoms. The van der Waals surface area contributed by atoms with Gasteiger partial charge < -0.3 is 31.7 Å². The van der Waals surface area contributed by atoms with E-state index in [-0.39, 0.29) is 15.6 Å². The molecule has 3 aromatic rings. The van der Waals surface area contributed by atoms with Crippen LogP contribution >= 0.6 is 23.2 Å². The van der Waals surface area contributed by atoms with Gasteiger partial charge in [0, 0.05) is 30.9 Å². The number of halogens is 2. The van der Waals surface area contributed by atoms with Crippen LogP contribution in [0.2, 0.25) is 10.0 Å². The predicted octanol–water partition coefficient (Wildman–Crippen LogP) is 3.15. The van der Waals surface area contributed by atoms with Crippen molar-refractivity contribution >= 4 is 58.5 Å². The van der Waals surface area contributed by atoms with E-state index < -0.39 is 42.8 Å². The molecule has 0 saturated heterocycles. The molecule has 1 aliphatic rings. The lowest BCUT2D eigenvalue weighted by Crippen LogP contribution is -2.50. The molecule has 1 aliphatic heterocycles. The number of guanidine groups is 1. The maximum Gasteiger partial charge on any atom is 0.328 e. The van der Waals surface area contributed by atoms with Crippen LogP contribution in [0.25, 0.3) is 11.1 Å². The van der Waals surface area contributed by atoms with Gasteiger partial charge in [-0.1, -0.05) is 59.6 Å². The molecule has 1 atom stereocenters. The van der Waals surface area contributed by atoms with E-state index in [1.807, 2.05) is 30.3 Å². The van der Waals surface area contributed by atoms with Crippen LogP contribution in [0.3, 0.4) is 0 Å². The Morgan fingerprint density at radius 2 is 1.64 bits per heavy atom. The summed E-state index contributed by atoms with van der Waals surface area (Å²) in [5.41, 5.74) is 2.39. The normalized spacial score (nSPS) is 13.1. The standard InChI is InChI=1S/C29H28Cl2N6O5/c30-21-13-19(17-6-2-1-3-7-17)14-22(31)25(21)27(40)37-23(28(41)42)15-34-24(38)16-35-26(39)18-8-4-9-20(12-18)36-29-32-10-5-11-33-29/h1-4,6-9,12-14,23H,5,10-11,15-16H2,(H,34,38)(H,35,39)(H,37,40)(H,41,42)(H2,32,33,36)/t23-/m1/s1. The number of carboxylic acids is 1. The molecular formula is C29H28Cl2N6O5. The zero-order valence-electron chi connectivity index (χ0n) is 22.2. The molecule has 3 aromatic carbocycles. The molecule has 0 unspecified atom stereocenters. The Hall–Kier alpha value is -4.61. The third-order valence-corrected chi connectivity index (χ3v) is 6.77. The highest BCUT2D eigenvalue weighted by Gasteiger charge is 2.25. The minimum Gasteiger partial charge on any atom is -0.480 e. The largest absolute Gasteiger partial charge is 0.480 e. The molecule has 0 aliphatic carbocycles. The molecule has 11 nitrogen and oxygen atoms in total. The number of amides is 3. The average molecular weight is 611 g/mol. The minimum absolute atomic E-state index is 0.0389. The molecule has 0 aromatic heterocycles. The Labute approximate surface area is 251 Å². The van der Waals surface area contributed by atoms with Crippen LogP contribution in [0.15, 0.2) is 71.7 Å². The van der Waals surface area contributed by atoms with Crippen molar-refractivity contribution in [2.24, 2.45) is 4.99 Å². The molecule has 0 spiro atoms. The SMILES string of the molecule is O=C(CNC(=O)c1cccc(NC2=NCCCN2)c1)NC[C@@H](NC(=O)c1c(Cl)cc(-c2ccccc2)cc1Cl)C(=O)O. The first-order valence-electron chi connectivity index (χ1n) is 13.0. The molecule has 0 bridgehead atoms. The van der Waals surface area contributed by atoms with Crippen LogP contribution in [0.4, 0.5) is 5.69 Å². The van der Waals surface area contributed by atoms with E-state index in [9.17, 15) is 24.3 Å². The number of nitrogens with one attached hydrogen (secondary N) is 5. The van der Waals surface area contributed by atoms with Crippen molar-refractivity contribution in [3.8, 4) is 11.1 Å². The molecule has 4 rings (SSSR count). The lowest BCUT2D eigenvalue weighted by molar-refractivity contribution is -0.139. The Morgan fingerprint density at radius 3 is 2.31 bits per heavy atom. The summed E-state index contributed by atoms with van der Waals surface area (Å²) in [5.74, 6) is -2.74. The number of carboxylic acid groups (broad SMARTS) is 1. The molecule has 1 heterocycles. The highest BCUT2D eigenvalue weighted by molar-refractivity contribution is 6.40. The van der Waals surface area contributed by atoms with Gasteiger partial charge in [-0.05, 0) is 47.9 Å². The van der Waals surface area contributed by atoms with Crippen molar-refractivity contribution in [3.63, 3.8) is 0 Å². The maximum absolute atomic E-state index is 12.9. The number of anilines is 1. The zero-order valence-corrected chi connectivity index (χ0v) is 23.8. The van der Waals surface area contributed by atoms with E-state index in [1.54, 1.807) is 36.4 Å². The number of hydrogen-bond donors (Lipinski definition) is 6. The number of rotatable bonds is 10. The Kier molecular flexibility index (Phi) is 10.4. The number of benzene rings is 3. The fraction of sp³-hybridized carbons (Fsp3) is 0.207. The summed E-state index contributed by atoms with van der Waals surface area (Å²) in [6.07, 6.45) is 0.945. The summed E-state index contributed by atoms with van der Waals surface area (Å²) < 4.78 is 0. The number of carbonyl (C=O) groups excluding carboxylic acids is 3. The molecule has 0 saturated carbocycles.